The molecule has 0 aliphatic heterocycles. The van der Waals surface area contributed by atoms with Crippen LogP contribution in [0.4, 0.5) is 5.69 Å². The predicted octanol–water partition coefficient (Wildman–Crippen LogP) is 3.13. The third-order valence-corrected chi connectivity index (χ3v) is 3.71. The lowest BCUT2D eigenvalue weighted by atomic mass is 10.1. The van der Waals surface area contributed by atoms with Crippen LogP contribution in [0.1, 0.15) is 44.9 Å². The van der Waals surface area contributed by atoms with E-state index in [1.54, 1.807) is 0 Å². The fourth-order valence-electron chi connectivity index (χ4n) is 2.34. The normalized spacial score (nSPS) is 14.8. The van der Waals surface area contributed by atoms with Gasteiger partial charge in [-0.2, -0.15) is 0 Å². The lowest BCUT2D eigenvalue weighted by Gasteiger charge is -2.27. The number of hydrogen-bond acceptors (Lipinski definition) is 3. The van der Waals surface area contributed by atoms with Crippen molar-refractivity contribution in [2.24, 2.45) is 5.92 Å². The molecule has 1 aromatic rings. The molecule has 1 heterocycles. The van der Waals surface area contributed by atoms with Gasteiger partial charge in [-0.15, -0.1) is 6.42 Å². The zero-order valence-electron chi connectivity index (χ0n) is 13.7. The van der Waals surface area contributed by atoms with E-state index in [-0.39, 0.29) is 5.54 Å². The van der Waals surface area contributed by atoms with Gasteiger partial charge in [0.15, 0.2) is 0 Å². The molecule has 3 nitrogen and oxygen atoms in total. The predicted molar refractivity (Wildman–Crippen MR) is 89.3 cm³/mol. The first-order chi connectivity index (χ1) is 9.89. The molecular formula is C18H27N3. The maximum atomic E-state index is 5.57. The second-order valence-corrected chi connectivity index (χ2v) is 7.09. The van der Waals surface area contributed by atoms with Crippen LogP contribution in [0.5, 0.6) is 0 Å². The lowest BCUT2D eigenvalue weighted by molar-refractivity contribution is 0.424. The van der Waals surface area contributed by atoms with E-state index in [4.69, 9.17) is 6.42 Å². The minimum Gasteiger partial charge on any atom is -0.360 e. The zero-order valence-corrected chi connectivity index (χ0v) is 13.7. The summed E-state index contributed by atoms with van der Waals surface area (Å²) in [4.78, 5) is 6.80. The standard InChI is InChI=1S/C18H27N3/c1-6-9-21(13-15-7-8-15)17-10-14(2)19-11-16(17)12-20-18(3,4)5/h1,10-11,15,20H,7-9,12-13H2,2-5H3. The highest BCUT2D eigenvalue weighted by atomic mass is 15.1. The summed E-state index contributed by atoms with van der Waals surface area (Å²) in [5.41, 5.74) is 3.60. The summed E-state index contributed by atoms with van der Waals surface area (Å²) in [5.74, 6) is 3.62. The smallest absolute Gasteiger partial charge is 0.0791 e. The molecule has 1 aliphatic carbocycles. The molecule has 21 heavy (non-hydrogen) atoms. The summed E-state index contributed by atoms with van der Waals surface area (Å²) in [6, 6.07) is 2.17. The molecule has 0 unspecified atom stereocenters. The van der Waals surface area contributed by atoms with Gasteiger partial charge < -0.3 is 10.2 Å². The van der Waals surface area contributed by atoms with E-state index in [2.05, 4.69) is 48.0 Å². The molecule has 0 atom stereocenters. The van der Waals surface area contributed by atoms with Crippen molar-refractivity contribution in [3.05, 3.63) is 23.5 Å². The Kier molecular flexibility index (Phi) is 4.90. The van der Waals surface area contributed by atoms with Crippen LogP contribution in [-0.4, -0.2) is 23.6 Å². The Hall–Kier alpha value is -1.53. The minimum absolute atomic E-state index is 0.0929. The number of pyridine rings is 1. The van der Waals surface area contributed by atoms with Crippen molar-refractivity contribution in [3.8, 4) is 12.3 Å². The van der Waals surface area contributed by atoms with E-state index in [0.717, 1.165) is 24.7 Å². The first-order valence-corrected chi connectivity index (χ1v) is 7.78. The monoisotopic (exact) mass is 285 g/mol. The summed E-state index contributed by atoms with van der Waals surface area (Å²) < 4.78 is 0. The van der Waals surface area contributed by atoms with Crippen LogP contribution in [0.2, 0.25) is 0 Å². The number of terminal acetylenes is 1. The number of rotatable bonds is 6. The molecule has 1 aromatic heterocycles. The van der Waals surface area contributed by atoms with Crippen molar-refractivity contribution in [1.82, 2.24) is 10.3 Å². The highest BCUT2D eigenvalue weighted by molar-refractivity contribution is 5.54. The number of aryl methyl sites for hydroxylation is 1. The Balaban J connectivity index is 2.21. The van der Waals surface area contributed by atoms with E-state index >= 15 is 0 Å². The number of nitrogens with zero attached hydrogens (tertiary/aromatic N) is 2. The van der Waals surface area contributed by atoms with Gasteiger partial charge in [0.2, 0.25) is 0 Å². The van der Waals surface area contributed by atoms with Gasteiger partial charge in [-0.25, -0.2) is 0 Å². The molecule has 114 valence electrons. The summed E-state index contributed by atoms with van der Waals surface area (Å²) >= 11 is 0. The summed E-state index contributed by atoms with van der Waals surface area (Å²) in [6.07, 6.45) is 10.2. The Morgan fingerprint density at radius 2 is 2.14 bits per heavy atom. The van der Waals surface area contributed by atoms with Crippen LogP contribution < -0.4 is 10.2 Å². The van der Waals surface area contributed by atoms with Crippen LogP contribution in [-0.2, 0) is 6.54 Å². The molecular weight excluding hydrogens is 258 g/mol. The van der Waals surface area contributed by atoms with E-state index in [0.29, 0.717) is 6.54 Å². The van der Waals surface area contributed by atoms with Gasteiger partial charge in [0.25, 0.3) is 0 Å². The van der Waals surface area contributed by atoms with Gasteiger partial charge in [-0.05, 0) is 52.5 Å². The maximum absolute atomic E-state index is 5.57. The highest BCUT2D eigenvalue weighted by Gasteiger charge is 2.25. The SMILES string of the molecule is C#CCN(CC1CC1)c1cc(C)ncc1CNC(C)(C)C. The first kappa shape index (κ1) is 15.9. The van der Waals surface area contributed by atoms with E-state index in [1.807, 2.05) is 13.1 Å². The van der Waals surface area contributed by atoms with Crippen molar-refractivity contribution >= 4 is 5.69 Å². The third-order valence-electron chi connectivity index (χ3n) is 3.71. The van der Waals surface area contributed by atoms with Gasteiger partial charge >= 0.3 is 0 Å². The molecule has 0 saturated heterocycles. The molecule has 3 heteroatoms. The summed E-state index contributed by atoms with van der Waals surface area (Å²) in [7, 11) is 0. The summed E-state index contributed by atoms with van der Waals surface area (Å²) in [5, 5.41) is 3.55. The molecule has 1 N–H and O–H groups in total. The van der Waals surface area contributed by atoms with Crippen molar-refractivity contribution in [2.75, 3.05) is 18.0 Å². The molecule has 2 rings (SSSR count). The molecule has 0 spiro atoms. The van der Waals surface area contributed by atoms with Crippen LogP contribution in [0.25, 0.3) is 0 Å². The topological polar surface area (TPSA) is 28.2 Å². The Morgan fingerprint density at radius 3 is 2.71 bits per heavy atom. The van der Waals surface area contributed by atoms with Crippen molar-refractivity contribution < 1.29 is 0 Å². The second-order valence-electron chi connectivity index (χ2n) is 7.09. The van der Waals surface area contributed by atoms with Crippen LogP contribution in [0.15, 0.2) is 12.3 Å². The van der Waals surface area contributed by atoms with Gasteiger partial charge in [-0.1, -0.05) is 5.92 Å². The maximum Gasteiger partial charge on any atom is 0.0791 e. The average molecular weight is 285 g/mol. The van der Waals surface area contributed by atoms with Crippen LogP contribution in [0, 0.1) is 25.2 Å². The Labute approximate surface area is 129 Å². The highest BCUT2D eigenvalue weighted by Crippen LogP contribution is 2.32. The number of aromatic nitrogens is 1. The minimum atomic E-state index is 0.0929. The van der Waals surface area contributed by atoms with Crippen molar-refractivity contribution in [3.63, 3.8) is 0 Å². The fourth-order valence-corrected chi connectivity index (χ4v) is 2.34. The van der Waals surface area contributed by atoms with Crippen LogP contribution in [0.3, 0.4) is 0 Å². The zero-order chi connectivity index (χ0) is 15.5. The molecule has 1 fully saturated rings. The van der Waals surface area contributed by atoms with Crippen molar-refractivity contribution in [2.45, 2.75) is 52.6 Å². The molecule has 0 amide bonds. The van der Waals surface area contributed by atoms with E-state index < -0.39 is 0 Å². The molecule has 1 saturated carbocycles. The Morgan fingerprint density at radius 1 is 1.43 bits per heavy atom. The molecule has 0 bridgehead atoms. The Bertz CT molecular complexity index is 518. The van der Waals surface area contributed by atoms with Crippen molar-refractivity contribution in [1.29, 1.82) is 0 Å². The molecule has 0 aromatic carbocycles. The average Bonchev–Trinajstić information content (AvgIpc) is 3.20. The van der Waals surface area contributed by atoms with E-state index in [9.17, 15) is 0 Å². The number of nitrogens with one attached hydrogen (secondary N) is 1. The fraction of sp³-hybridized carbons (Fsp3) is 0.611. The summed E-state index contributed by atoms with van der Waals surface area (Å²) in [6.45, 7) is 11.1. The van der Waals surface area contributed by atoms with Gasteiger partial charge in [0.05, 0.1) is 6.54 Å². The first-order valence-electron chi connectivity index (χ1n) is 7.78. The van der Waals surface area contributed by atoms with Crippen LogP contribution >= 0.6 is 0 Å². The second kappa shape index (κ2) is 6.49. The molecule has 1 aliphatic rings. The van der Waals surface area contributed by atoms with Gasteiger partial charge in [-0.3, -0.25) is 4.98 Å². The lowest BCUT2D eigenvalue weighted by Crippen LogP contribution is -2.36. The van der Waals surface area contributed by atoms with E-state index in [1.165, 1.54) is 24.1 Å². The largest absolute Gasteiger partial charge is 0.360 e. The third kappa shape index (κ3) is 5.06. The number of anilines is 1. The quantitative estimate of drug-likeness (QED) is 0.814. The van der Waals surface area contributed by atoms with Gasteiger partial charge in [0, 0.05) is 41.8 Å². The van der Waals surface area contributed by atoms with Gasteiger partial charge in [0.1, 0.15) is 0 Å². The molecule has 0 radical (unpaired) electrons. The number of hydrogen-bond donors (Lipinski definition) is 1.